The number of likely N-dealkylation sites (tertiary alicyclic amines) is 1. The maximum Gasteiger partial charge on any atom is 0.283 e. The number of pyridine rings is 1. The Labute approximate surface area is 223 Å². The molecule has 0 saturated carbocycles. The molecule has 2 aromatic heterocycles. The number of nitrogens with zero attached hydrogens (tertiary/aromatic N) is 5. The van der Waals surface area contributed by atoms with Crippen LogP contribution in [0.4, 0.5) is 34.9 Å². The lowest BCUT2D eigenvalue weighted by Crippen LogP contribution is -2.52. The lowest BCUT2D eigenvalue weighted by atomic mass is 9.93. The number of fused-ring (bicyclic) bond motifs is 1. The maximum absolute atomic E-state index is 15.1. The zero-order valence-corrected chi connectivity index (χ0v) is 21.7. The van der Waals surface area contributed by atoms with Crippen LogP contribution in [0.5, 0.6) is 5.75 Å². The number of ether oxygens (including phenoxy) is 1. The summed E-state index contributed by atoms with van der Waals surface area (Å²) in [5.74, 6) is -2.93. The van der Waals surface area contributed by atoms with Gasteiger partial charge in [-0.2, -0.15) is 0 Å². The van der Waals surface area contributed by atoms with Crippen molar-refractivity contribution in [2.75, 3.05) is 30.4 Å². The average Bonchev–Trinajstić information content (AvgIpc) is 2.90. The Morgan fingerprint density at radius 3 is 2.44 bits per heavy atom. The molecular formula is C27H28F4N6O2. The van der Waals surface area contributed by atoms with Gasteiger partial charge in [0.2, 0.25) is 12.1 Å². The molecule has 39 heavy (non-hydrogen) atoms. The molecule has 12 heteroatoms. The number of benzene rings is 1. The summed E-state index contributed by atoms with van der Waals surface area (Å²) in [6, 6.07) is 5.42. The molecule has 0 aliphatic carbocycles. The second-order valence-corrected chi connectivity index (χ2v) is 10.0. The number of piperidine rings is 1. The molecule has 1 unspecified atom stereocenters. The van der Waals surface area contributed by atoms with E-state index >= 15 is 4.39 Å². The minimum absolute atomic E-state index is 0.0116. The van der Waals surface area contributed by atoms with Crippen molar-refractivity contribution in [3.05, 3.63) is 54.0 Å². The highest BCUT2D eigenvalue weighted by Crippen LogP contribution is 2.42. The zero-order valence-electron chi connectivity index (χ0n) is 21.7. The molecule has 1 atom stereocenters. The summed E-state index contributed by atoms with van der Waals surface area (Å²) in [6.45, 7) is 5.23. The average molecular weight is 545 g/mol. The van der Waals surface area contributed by atoms with Gasteiger partial charge < -0.3 is 19.9 Å². The Hall–Kier alpha value is -3.80. The predicted octanol–water partition coefficient (Wildman–Crippen LogP) is 5.14. The number of carbonyl (C=O) groups is 1. The first-order valence-electron chi connectivity index (χ1n) is 12.7. The van der Waals surface area contributed by atoms with Crippen molar-refractivity contribution in [3.63, 3.8) is 0 Å². The van der Waals surface area contributed by atoms with Crippen LogP contribution in [0.2, 0.25) is 0 Å². The molecule has 1 amide bonds. The third kappa shape index (κ3) is 5.38. The number of hydrogen-bond donors (Lipinski definition) is 1. The molecule has 4 heterocycles. The molecule has 1 saturated heterocycles. The molecule has 3 aromatic rings. The first kappa shape index (κ1) is 26.8. The molecule has 0 spiro atoms. The molecule has 1 N–H and O–H groups in total. The number of anilines is 3. The fourth-order valence-electron chi connectivity index (χ4n) is 4.92. The monoisotopic (exact) mass is 544 g/mol. The highest BCUT2D eigenvalue weighted by atomic mass is 19.3. The Morgan fingerprint density at radius 1 is 1.05 bits per heavy atom. The van der Waals surface area contributed by atoms with Gasteiger partial charge in [0.25, 0.3) is 12.3 Å². The van der Waals surface area contributed by atoms with Crippen LogP contribution >= 0.6 is 0 Å². The van der Waals surface area contributed by atoms with Crippen molar-refractivity contribution in [2.24, 2.45) is 0 Å². The smallest absolute Gasteiger partial charge is 0.283 e. The van der Waals surface area contributed by atoms with E-state index in [1.165, 1.54) is 6.07 Å². The van der Waals surface area contributed by atoms with Crippen LogP contribution in [0.1, 0.15) is 38.3 Å². The molecule has 0 radical (unpaired) electrons. The Kier molecular flexibility index (Phi) is 7.39. The predicted molar refractivity (Wildman–Crippen MR) is 137 cm³/mol. The molecule has 0 bridgehead atoms. The molecule has 1 aromatic carbocycles. The van der Waals surface area contributed by atoms with Gasteiger partial charge >= 0.3 is 0 Å². The summed E-state index contributed by atoms with van der Waals surface area (Å²) in [5, 5.41) is 2.98. The Balaban J connectivity index is 1.42. The van der Waals surface area contributed by atoms with Crippen molar-refractivity contribution in [2.45, 2.75) is 51.2 Å². The molecule has 206 valence electrons. The van der Waals surface area contributed by atoms with Crippen LogP contribution in [0.25, 0.3) is 11.3 Å². The first-order valence-corrected chi connectivity index (χ1v) is 12.7. The van der Waals surface area contributed by atoms with Gasteiger partial charge in [-0.15, -0.1) is 0 Å². The number of rotatable bonds is 6. The van der Waals surface area contributed by atoms with Crippen molar-refractivity contribution in [1.29, 1.82) is 0 Å². The van der Waals surface area contributed by atoms with Gasteiger partial charge in [-0.3, -0.25) is 9.78 Å². The molecule has 2 aliphatic rings. The van der Waals surface area contributed by atoms with Crippen molar-refractivity contribution < 1.29 is 27.1 Å². The van der Waals surface area contributed by atoms with Gasteiger partial charge in [0.05, 0.1) is 23.8 Å². The van der Waals surface area contributed by atoms with Crippen LogP contribution in [0.3, 0.4) is 0 Å². The number of hydrogen-bond acceptors (Lipinski definition) is 7. The fraction of sp³-hybridized carbons (Fsp3) is 0.407. The fourth-order valence-corrected chi connectivity index (χ4v) is 4.92. The summed E-state index contributed by atoms with van der Waals surface area (Å²) >= 11 is 0. The SMILES string of the molecule is CC(C)N1C(=O)C(C(F)F)Oc2c(F)cc(-c3nc(Nc4ccc(C5CCN(C)CC5)nc4)ncc3F)cc21. The van der Waals surface area contributed by atoms with E-state index in [1.54, 1.807) is 20.0 Å². The van der Waals surface area contributed by atoms with E-state index in [0.717, 1.165) is 48.8 Å². The van der Waals surface area contributed by atoms with Gasteiger partial charge in [-0.05, 0) is 71.1 Å². The third-order valence-electron chi connectivity index (χ3n) is 6.95. The second kappa shape index (κ2) is 10.8. The van der Waals surface area contributed by atoms with E-state index < -0.39 is 41.9 Å². The molecular weight excluding hydrogens is 516 g/mol. The van der Waals surface area contributed by atoms with E-state index in [-0.39, 0.29) is 22.9 Å². The van der Waals surface area contributed by atoms with Crippen molar-refractivity contribution in [1.82, 2.24) is 19.9 Å². The lowest BCUT2D eigenvalue weighted by molar-refractivity contribution is -0.134. The standard InChI is InChI=1S/C27H28F4N6O2/c1-14(2)37-21-11-16(10-18(28)23(21)39-24(25(30)31)26(37)38)22-19(29)13-33-27(35-22)34-17-4-5-20(32-12-17)15-6-8-36(3)9-7-15/h4-5,10-15,24-25H,6-9H2,1-3H3,(H,33,34,35). The summed E-state index contributed by atoms with van der Waals surface area (Å²) in [4.78, 5) is 28.8. The van der Waals surface area contributed by atoms with Crippen LogP contribution in [0.15, 0.2) is 36.7 Å². The summed E-state index contributed by atoms with van der Waals surface area (Å²) in [7, 11) is 2.10. The van der Waals surface area contributed by atoms with E-state index in [2.05, 4.69) is 32.2 Å². The van der Waals surface area contributed by atoms with Gasteiger partial charge in [-0.25, -0.2) is 27.5 Å². The molecule has 2 aliphatic heterocycles. The summed E-state index contributed by atoms with van der Waals surface area (Å²) in [6.07, 6.45) is -0.617. The lowest BCUT2D eigenvalue weighted by Gasteiger charge is -2.36. The number of alkyl halides is 2. The van der Waals surface area contributed by atoms with E-state index in [4.69, 9.17) is 4.74 Å². The van der Waals surface area contributed by atoms with E-state index in [9.17, 15) is 18.0 Å². The first-order chi connectivity index (χ1) is 18.6. The van der Waals surface area contributed by atoms with Gasteiger partial charge in [0, 0.05) is 23.2 Å². The zero-order chi connectivity index (χ0) is 27.8. The van der Waals surface area contributed by atoms with Crippen molar-refractivity contribution in [3.8, 4) is 17.0 Å². The van der Waals surface area contributed by atoms with Crippen LogP contribution in [0, 0.1) is 11.6 Å². The van der Waals surface area contributed by atoms with Crippen molar-refractivity contribution >= 4 is 23.2 Å². The minimum Gasteiger partial charge on any atom is -0.469 e. The number of carbonyl (C=O) groups excluding carboxylic acids is 1. The third-order valence-corrected chi connectivity index (χ3v) is 6.95. The molecule has 5 rings (SSSR count). The van der Waals surface area contributed by atoms with Crippen LogP contribution in [-0.2, 0) is 4.79 Å². The highest BCUT2D eigenvalue weighted by Gasteiger charge is 2.43. The van der Waals surface area contributed by atoms with Gasteiger partial charge in [0.1, 0.15) is 5.69 Å². The summed E-state index contributed by atoms with van der Waals surface area (Å²) < 4.78 is 61.8. The van der Waals surface area contributed by atoms with Crippen LogP contribution < -0.4 is 15.0 Å². The summed E-state index contributed by atoms with van der Waals surface area (Å²) in [5.41, 5.74) is 1.26. The molecule has 1 fully saturated rings. The minimum atomic E-state index is -3.15. The number of amides is 1. The Morgan fingerprint density at radius 2 is 1.79 bits per heavy atom. The maximum atomic E-state index is 15.1. The number of aromatic nitrogens is 3. The topological polar surface area (TPSA) is 83.5 Å². The second-order valence-electron chi connectivity index (χ2n) is 10.0. The van der Waals surface area contributed by atoms with Gasteiger partial charge in [0.15, 0.2) is 17.4 Å². The Bertz CT molecular complexity index is 1360. The van der Waals surface area contributed by atoms with Gasteiger partial charge in [-0.1, -0.05) is 0 Å². The highest BCUT2D eigenvalue weighted by molar-refractivity contribution is 6.01. The quantitative estimate of drug-likeness (QED) is 0.431. The number of nitrogens with one attached hydrogen (secondary N) is 1. The number of halogens is 4. The molecule has 8 nitrogen and oxygen atoms in total. The van der Waals surface area contributed by atoms with E-state index in [0.29, 0.717) is 11.6 Å². The largest absolute Gasteiger partial charge is 0.469 e. The van der Waals surface area contributed by atoms with Crippen LogP contribution in [-0.4, -0.2) is 64.5 Å². The normalized spacial score (nSPS) is 18.4. The van der Waals surface area contributed by atoms with E-state index in [1.807, 2.05) is 12.1 Å².